The van der Waals surface area contributed by atoms with Gasteiger partial charge in [-0.05, 0) is 96.3 Å². The van der Waals surface area contributed by atoms with Crippen molar-refractivity contribution in [3.63, 3.8) is 0 Å². The maximum absolute atomic E-state index is 15.0. The van der Waals surface area contributed by atoms with E-state index in [0.29, 0.717) is 51.9 Å². The SMILES string of the molecule is C=CC(=O)N1CCC(C(=O)N(C)[C@H](C(=O)N[C@H]2Cc3cc(CF)cc(c3)-c3ccc4c(c3)c(c(-c3cccnc3[C@H](C)OC)n4CC(F)(F)F)CC(C)(C)COC(=O)[C@@]3(O)CCCN(N3)C2=O)C(C)C)C1. The van der Waals surface area contributed by atoms with Crippen LogP contribution < -0.4 is 10.7 Å². The molecule has 19 heteroatoms. The zero-order chi connectivity index (χ0) is 51.7. The number of hydrogen-bond acceptors (Lipinski definition) is 10. The summed E-state index contributed by atoms with van der Waals surface area (Å²) in [6.45, 7) is 10.2. The second-order valence-electron chi connectivity index (χ2n) is 20.1. The summed E-state index contributed by atoms with van der Waals surface area (Å²) < 4.78 is 71.9. The number of likely N-dealkylation sites (N-methyl/N-ethyl adjacent to an activating group) is 1. The lowest BCUT2D eigenvalue weighted by molar-refractivity contribution is -0.189. The molecule has 2 fully saturated rings. The van der Waals surface area contributed by atoms with Gasteiger partial charge in [-0.3, -0.25) is 29.2 Å². The van der Waals surface area contributed by atoms with Gasteiger partial charge >= 0.3 is 12.1 Å². The van der Waals surface area contributed by atoms with Crippen molar-refractivity contribution in [1.29, 1.82) is 0 Å². The number of aliphatic hydroxyl groups is 1. The minimum absolute atomic E-state index is 0.00810. The van der Waals surface area contributed by atoms with E-state index in [0.717, 1.165) is 5.01 Å². The van der Waals surface area contributed by atoms with Crippen LogP contribution in [0.1, 0.15) is 82.4 Å². The van der Waals surface area contributed by atoms with Crippen LogP contribution in [-0.2, 0) is 59.5 Å². The van der Waals surface area contributed by atoms with Crippen molar-refractivity contribution < 1.29 is 56.1 Å². The van der Waals surface area contributed by atoms with E-state index in [1.54, 1.807) is 83.1 Å². The number of likely N-dealkylation sites (tertiary alicyclic amines) is 1. The number of cyclic esters (lactones) is 1. The summed E-state index contributed by atoms with van der Waals surface area (Å²) in [6.07, 6.45) is -2.40. The number of aromatic nitrogens is 2. The van der Waals surface area contributed by atoms with E-state index >= 15 is 0 Å². The molecule has 7 rings (SSSR count). The summed E-state index contributed by atoms with van der Waals surface area (Å²) >= 11 is 0. The topological polar surface area (TPSA) is 176 Å². The van der Waals surface area contributed by atoms with E-state index in [1.807, 2.05) is 0 Å². The number of amides is 4. The largest absolute Gasteiger partial charge is 0.462 e. The number of nitrogens with one attached hydrogen (secondary N) is 2. The van der Waals surface area contributed by atoms with E-state index in [4.69, 9.17) is 9.47 Å². The summed E-state index contributed by atoms with van der Waals surface area (Å²) in [5.74, 6) is -4.27. The highest BCUT2D eigenvalue weighted by Crippen LogP contribution is 2.43. The third-order valence-corrected chi connectivity index (χ3v) is 13.7. The van der Waals surface area contributed by atoms with Gasteiger partial charge in [-0.1, -0.05) is 52.5 Å². The predicted octanol–water partition coefficient (Wildman–Crippen LogP) is 6.60. The summed E-state index contributed by atoms with van der Waals surface area (Å²) in [4.78, 5) is 77.0. The summed E-state index contributed by atoms with van der Waals surface area (Å²) in [7, 11) is 2.97. The first-order chi connectivity index (χ1) is 33.5. The maximum Gasteiger partial charge on any atom is 0.406 e. The number of ether oxygens (including phenoxy) is 2. The number of hydrazine groups is 1. The normalized spacial score (nSPS) is 21.6. The summed E-state index contributed by atoms with van der Waals surface area (Å²) in [6, 6.07) is 10.7. The molecule has 1 unspecified atom stereocenters. The summed E-state index contributed by atoms with van der Waals surface area (Å²) in [5.41, 5.74) is 2.62. The number of benzene rings is 2. The van der Waals surface area contributed by atoms with Crippen LogP contribution in [0.2, 0.25) is 0 Å². The lowest BCUT2D eigenvalue weighted by Crippen LogP contribution is -2.67. The third-order valence-electron chi connectivity index (χ3n) is 13.7. The van der Waals surface area contributed by atoms with Crippen molar-refractivity contribution in [3.8, 4) is 22.4 Å². The van der Waals surface area contributed by atoms with Gasteiger partial charge in [0.15, 0.2) is 0 Å². The number of esters is 1. The molecule has 5 atom stereocenters. The van der Waals surface area contributed by atoms with Gasteiger partial charge in [0.25, 0.3) is 5.91 Å². The Morgan fingerprint density at radius 1 is 1.10 bits per heavy atom. The van der Waals surface area contributed by atoms with Crippen molar-refractivity contribution in [3.05, 3.63) is 89.8 Å². The smallest absolute Gasteiger partial charge is 0.406 e. The van der Waals surface area contributed by atoms with E-state index in [2.05, 4.69) is 22.3 Å². The first-order valence-corrected chi connectivity index (χ1v) is 23.8. The van der Waals surface area contributed by atoms with E-state index in [1.165, 1.54) is 40.8 Å². The standard InChI is InChI=1S/C52H63F4N7O8/c1-9-42(64)61-19-15-35(27-61)47(66)60(7)44(30(2)3)46(65)58-40-23-32-20-33(26-53)22-36(21-32)34-13-14-41-38(24-34)39(25-50(5,6)29-71-49(68)51(69)16-11-18-63(59-51)48(40)67)45(62(41)28-52(54,55)56)37-12-10-17-57-43(37)31(4)70-8/h9-10,12-14,17,20-22,24,30-31,35,40,44,59,69H,1,11,15-16,18-19,23,25-29H2,2-8H3,(H,58,65)/t31-,35?,40-,44-,51-/m0/s1. The maximum atomic E-state index is 15.0. The molecule has 4 aromatic rings. The van der Waals surface area contributed by atoms with E-state index in [-0.39, 0.29) is 74.0 Å². The lowest BCUT2D eigenvalue weighted by Gasteiger charge is -2.40. The van der Waals surface area contributed by atoms with Crippen molar-refractivity contribution in [2.45, 2.75) is 110 Å². The number of rotatable bonds is 11. The fraction of sp³-hybridized carbons (Fsp3) is 0.500. The molecular weight excluding hydrogens is 927 g/mol. The Hall–Kier alpha value is -6.18. The first kappa shape index (κ1) is 52.6. The van der Waals surface area contributed by atoms with Crippen molar-refractivity contribution in [2.75, 3.05) is 40.4 Å². The predicted molar refractivity (Wildman–Crippen MR) is 256 cm³/mol. The van der Waals surface area contributed by atoms with Crippen LogP contribution in [0, 0.1) is 17.3 Å². The average molecular weight is 990 g/mol. The molecule has 0 aliphatic carbocycles. The Morgan fingerprint density at radius 3 is 2.52 bits per heavy atom. The average Bonchev–Trinajstić information content (AvgIpc) is 3.93. The van der Waals surface area contributed by atoms with Crippen LogP contribution in [0.25, 0.3) is 33.3 Å². The summed E-state index contributed by atoms with van der Waals surface area (Å²) in [5, 5.41) is 16.2. The Balaban J connectivity index is 1.37. The molecule has 382 valence electrons. The minimum Gasteiger partial charge on any atom is -0.462 e. The molecule has 0 radical (unpaired) electrons. The molecule has 71 heavy (non-hydrogen) atoms. The van der Waals surface area contributed by atoms with Crippen LogP contribution in [0.3, 0.4) is 0 Å². The second-order valence-corrected chi connectivity index (χ2v) is 20.1. The molecule has 4 amide bonds. The Kier molecular flexibility index (Phi) is 15.5. The zero-order valence-corrected chi connectivity index (χ0v) is 41.2. The number of carbonyl (C=O) groups is 5. The third kappa shape index (κ3) is 11.3. The number of fused-ring (bicyclic) bond motifs is 6. The molecule has 0 spiro atoms. The number of halogens is 4. The second kappa shape index (κ2) is 20.9. The molecular formula is C52H63F4N7O8. The molecule has 2 saturated heterocycles. The first-order valence-electron chi connectivity index (χ1n) is 23.8. The van der Waals surface area contributed by atoms with Gasteiger partial charge < -0.3 is 34.3 Å². The zero-order valence-electron chi connectivity index (χ0n) is 41.2. The number of carbonyl (C=O) groups excluding carboxylic acids is 5. The minimum atomic E-state index is -4.67. The fourth-order valence-corrected chi connectivity index (χ4v) is 10.2. The van der Waals surface area contributed by atoms with E-state index < -0.39 is 78.3 Å². The van der Waals surface area contributed by atoms with Crippen LogP contribution >= 0.6 is 0 Å². The molecule has 3 aliphatic heterocycles. The Bertz CT molecular complexity index is 2710. The van der Waals surface area contributed by atoms with Gasteiger partial charge in [0, 0.05) is 74.7 Å². The fourth-order valence-electron chi connectivity index (χ4n) is 10.2. The van der Waals surface area contributed by atoms with Gasteiger partial charge in [-0.25, -0.2) is 9.18 Å². The highest BCUT2D eigenvalue weighted by molar-refractivity contribution is 5.96. The molecule has 3 aliphatic rings. The molecule has 2 aromatic carbocycles. The van der Waals surface area contributed by atoms with E-state index in [9.17, 15) is 46.6 Å². The molecule has 15 nitrogen and oxygen atoms in total. The van der Waals surface area contributed by atoms with Crippen LogP contribution in [0.5, 0.6) is 0 Å². The number of pyridine rings is 1. The highest BCUT2D eigenvalue weighted by atomic mass is 19.4. The monoisotopic (exact) mass is 989 g/mol. The van der Waals surface area contributed by atoms with Gasteiger partial charge in [-0.15, -0.1) is 0 Å². The van der Waals surface area contributed by atoms with Crippen molar-refractivity contribution >= 4 is 40.5 Å². The van der Waals surface area contributed by atoms with Gasteiger partial charge in [0.05, 0.1) is 30.0 Å². The van der Waals surface area contributed by atoms with Crippen LogP contribution in [0.4, 0.5) is 17.6 Å². The van der Waals surface area contributed by atoms with Crippen molar-refractivity contribution in [2.24, 2.45) is 17.3 Å². The number of hydrogen-bond donors (Lipinski definition) is 3. The molecule has 6 bridgehead atoms. The van der Waals surface area contributed by atoms with Crippen LogP contribution in [0.15, 0.2) is 67.4 Å². The number of nitrogens with zero attached hydrogens (tertiary/aromatic N) is 5. The Morgan fingerprint density at radius 2 is 1.85 bits per heavy atom. The quantitative estimate of drug-likeness (QED) is 0.0845. The van der Waals surface area contributed by atoms with Gasteiger partial charge in [-0.2, -0.15) is 18.6 Å². The molecule has 0 saturated carbocycles. The number of alkyl halides is 4. The molecule has 3 N–H and O–H groups in total. The molecule has 5 heterocycles. The Labute approximate surface area is 410 Å². The number of methoxy groups -OCH3 is 1. The lowest BCUT2D eigenvalue weighted by atomic mass is 9.84. The van der Waals surface area contributed by atoms with Crippen LogP contribution in [-0.4, -0.2) is 123 Å². The van der Waals surface area contributed by atoms with Gasteiger partial charge in [0.2, 0.25) is 23.4 Å². The van der Waals surface area contributed by atoms with Gasteiger partial charge in [0.1, 0.15) is 25.3 Å². The highest BCUT2D eigenvalue weighted by Gasteiger charge is 2.46. The molecule has 2 aromatic heterocycles. The van der Waals surface area contributed by atoms with Crippen molar-refractivity contribution in [1.82, 2.24) is 35.1 Å².